The molecule has 1 aliphatic rings. The number of hydrogen-bond acceptors (Lipinski definition) is 4. The fourth-order valence-electron chi connectivity index (χ4n) is 3.00. The fourth-order valence-corrected chi connectivity index (χ4v) is 3.00. The Labute approximate surface area is 121 Å². The number of rotatable bonds is 4. The van der Waals surface area contributed by atoms with Gasteiger partial charge in [0.25, 0.3) is 0 Å². The summed E-state index contributed by atoms with van der Waals surface area (Å²) in [7, 11) is 1.58. The van der Waals surface area contributed by atoms with Crippen molar-refractivity contribution >= 4 is 0 Å². The van der Waals surface area contributed by atoms with Gasteiger partial charge in [-0.15, -0.1) is 0 Å². The van der Waals surface area contributed by atoms with Gasteiger partial charge in [0.1, 0.15) is 0 Å². The van der Waals surface area contributed by atoms with Crippen LogP contribution >= 0.6 is 0 Å². The Bertz CT molecular complexity index is 450. The maximum atomic E-state index is 9.69. The van der Waals surface area contributed by atoms with Crippen LogP contribution in [0.15, 0.2) is 18.2 Å². The van der Waals surface area contributed by atoms with Gasteiger partial charge in [-0.3, -0.25) is 4.90 Å². The van der Waals surface area contributed by atoms with Crippen LogP contribution in [0.3, 0.4) is 0 Å². The molecule has 1 heterocycles. The molecule has 3 unspecified atom stereocenters. The summed E-state index contributed by atoms with van der Waals surface area (Å²) in [6, 6.07) is 5.91. The summed E-state index contributed by atoms with van der Waals surface area (Å²) in [5, 5.41) is 9.69. The second kappa shape index (κ2) is 6.46. The van der Waals surface area contributed by atoms with Crippen LogP contribution in [0.25, 0.3) is 0 Å². The molecule has 1 fully saturated rings. The Morgan fingerprint density at radius 2 is 2.25 bits per heavy atom. The van der Waals surface area contributed by atoms with E-state index in [1.165, 1.54) is 12.0 Å². The fraction of sp³-hybridized carbons (Fsp3) is 0.625. The number of nitrogens with zero attached hydrogens (tertiary/aromatic N) is 1. The Kier molecular flexibility index (Phi) is 4.89. The van der Waals surface area contributed by atoms with Gasteiger partial charge in [-0.1, -0.05) is 13.0 Å². The van der Waals surface area contributed by atoms with Crippen LogP contribution in [0.1, 0.15) is 31.9 Å². The summed E-state index contributed by atoms with van der Waals surface area (Å²) in [5.41, 5.74) is 7.05. The summed E-state index contributed by atoms with van der Waals surface area (Å²) >= 11 is 0. The Hall–Kier alpha value is -1.26. The van der Waals surface area contributed by atoms with Gasteiger partial charge in [0.15, 0.2) is 11.5 Å². The van der Waals surface area contributed by atoms with Crippen LogP contribution in [-0.2, 0) is 0 Å². The average Bonchev–Trinajstić information content (AvgIpc) is 2.47. The van der Waals surface area contributed by atoms with Gasteiger partial charge < -0.3 is 15.6 Å². The normalized spacial score (nSPS) is 25.4. The Morgan fingerprint density at radius 3 is 2.90 bits per heavy atom. The van der Waals surface area contributed by atoms with Gasteiger partial charge >= 0.3 is 0 Å². The zero-order valence-corrected chi connectivity index (χ0v) is 12.7. The quantitative estimate of drug-likeness (QED) is 0.888. The number of methoxy groups -OCH3 is 1. The van der Waals surface area contributed by atoms with Crippen molar-refractivity contribution in [3.05, 3.63) is 23.8 Å². The molecule has 4 heteroatoms. The molecule has 4 nitrogen and oxygen atoms in total. The van der Waals surface area contributed by atoms with Gasteiger partial charge in [0.2, 0.25) is 0 Å². The third kappa shape index (κ3) is 3.07. The second-order valence-corrected chi connectivity index (χ2v) is 5.86. The number of phenols is 1. The number of likely N-dealkylation sites (tertiary alicyclic amines) is 1. The van der Waals surface area contributed by atoms with Crippen LogP contribution in [-0.4, -0.2) is 36.8 Å². The van der Waals surface area contributed by atoms with Gasteiger partial charge in [-0.25, -0.2) is 0 Å². The van der Waals surface area contributed by atoms with E-state index in [4.69, 9.17) is 10.5 Å². The Morgan fingerprint density at radius 1 is 1.50 bits per heavy atom. The smallest absolute Gasteiger partial charge is 0.160 e. The molecule has 1 saturated heterocycles. The first-order chi connectivity index (χ1) is 9.56. The summed E-state index contributed by atoms with van der Waals surface area (Å²) in [6.07, 6.45) is 1.20. The highest BCUT2D eigenvalue weighted by Crippen LogP contribution is 2.33. The molecule has 3 atom stereocenters. The van der Waals surface area contributed by atoms with Crippen molar-refractivity contribution in [1.29, 1.82) is 0 Å². The molecule has 1 aromatic rings. The van der Waals surface area contributed by atoms with Crippen LogP contribution in [0.5, 0.6) is 11.5 Å². The number of aromatic hydroxyl groups is 1. The topological polar surface area (TPSA) is 58.7 Å². The minimum Gasteiger partial charge on any atom is -0.504 e. The number of phenolic OH excluding ortho intramolecular Hbond substituents is 1. The van der Waals surface area contributed by atoms with E-state index in [2.05, 4.69) is 18.7 Å². The number of ether oxygens (including phenoxy) is 1. The lowest BCUT2D eigenvalue weighted by atomic mass is 9.86. The largest absolute Gasteiger partial charge is 0.504 e. The molecule has 0 radical (unpaired) electrons. The third-order valence-electron chi connectivity index (χ3n) is 4.68. The number of benzene rings is 1. The third-order valence-corrected chi connectivity index (χ3v) is 4.68. The minimum absolute atomic E-state index is 0.190. The molecule has 1 aliphatic heterocycles. The molecule has 1 aromatic carbocycles. The summed E-state index contributed by atoms with van der Waals surface area (Å²) < 4.78 is 5.19. The van der Waals surface area contributed by atoms with Gasteiger partial charge in [0.05, 0.1) is 7.11 Å². The predicted molar refractivity (Wildman–Crippen MR) is 81.0 cm³/mol. The summed E-state index contributed by atoms with van der Waals surface area (Å²) in [5.74, 6) is 2.01. The predicted octanol–water partition coefficient (Wildman–Crippen LogP) is 2.38. The average molecular weight is 278 g/mol. The van der Waals surface area contributed by atoms with Crippen molar-refractivity contribution in [3.8, 4) is 11.5 Å². The van der Waals surface area contributed by atoms with Crippen LogP contribution in [0.2, 0.25) is 0 Å². The second-order valence-electron chi connectivity index (χ2n) is 5.86. The molecule has 112 valence electrons. The van der Waals surface area contributed by atoms with Crippen molar-refractivity contribution in [2.24, 2.45) is 17.6 Å². The van der Waals surface area contributed by atoms with E-state index in [0.29, 0.717) is 23.6 Å². The molecule has 0 aromatic heterocycles. The molecule has 0 amide bonds. The molecule has 2 rings (SSSR count). The van der Waals surface area contributed by atoms with Crippen LogP contribution < -0.4 is 10.5 Å². The first kappa shape index (κ1) is 15.1. The SMILES string of the molecule is COc1cc(C(C)N2CCC(C)C(CN)C2)ccc1O. The van der Waals surface area contributed by atoms with Crippen molar-refractivity contribution in [3.63, 3.8) is 0 Å². The minimum atomic E-state index is 0.190. The van der Waals surface area contributed by atoms with Gasteiger partial charge in [-0.05, 0) is 56.0 Å². The number of piperidine rings is 1. The van der Waals surface area contributed by atoms with Gasteiger partial charge in [0, 0.05) is 12.6 Å². The van der Waals surface area contributed by atoms with Crippen molar-refractivity contribution < 1.29 is 9.84 Å². The molecule has 0 bridgehead atoms. The zero-order chi connectivity index (χ0) is 14.7. The highest BCUT2D eigenvalue weighted by atomic mass is 16.5. The molecular weight excluding hydrogens is 252 g/mol. The number of hydrogen-bond donors (Lipinski definition) is 2. The Balaban J connectivity index is 2.12. The standard InChI is InChI=1S/C16H26N2O2/c1-11-6-7-18(10-14(11)9-17)12(2)13-4-5-15(19)16(8-13)20-3/h4-5,8,11-12,14,19H,6-7,9-10,17H2,1-3H3. The highest BCUT2D eigenvalue weighted by Gasteiger charge is 2.28. The van der Waals surface area contributed by atoms with E-state index in [1.807, 2.05) is 12.1 Å². The van der Waals surface area contributed by atoms with Crippen molar-refractivity contribution in [2.75, 3.05) is 26.7 Å². The van der Waals surface area contributed by atoms with Gasteiger partial charge in [-0.2, -0.15) is 0 Å². The van der Waals surface area contributed by atoms with E-state index in [1.54, 1.807) is 13.2 Å². The number of nitrogens with two attached hydrogens (primary N) is 1. The van der Waals surface area contributed by atoms with E-state index >= 15 is 0 Å². The van der Waals surface area contributed by atoms with Crippen LogP contribution in [0, 0.1) is 11.8 Å². The zero-order valence-electron chi connectivity index (χ0n) is 12.7. The maximum absolute atomic E-state index is 9.69. The molecule has 0 saturated carbocycles. The lowest BCUT2D eigenvalue weighted by Crippen LogP contribution is -2.43. The van der Waals surface area contributed by atoms with E-state index < -0.39 is 0 Å². The monoisotopic (exact) mass is 278 g/mol. The van der Waals surface area contributed by atoms with E-state index in [0.717, 1.165) is 19.6 Å². The molecule has 0 aliphatic carbocycles. The maximum Gasteiger partial charge on any atom is 0.160 e. The lowest BCUT2D eigenvalue weighted by molar-refractivity contribution is 0.0977. The van der Waals surface area contributed by atoms with Crippen molar-refractivity contribution in [1.82, 2.24) is 4.90 Å². The molecule has 0 spiro atoms. The first-order valence-electron chi connectivity index (χ1n) is 7.37. The van der Waals surface area contributed by atoms with Crippen LogP contribution in [0.4, 0.5) is 0 Å². The molecular formula is C16H26N2O2. The first-order valence-corrected chi connectivity index (χ1v) is 7.37. The van der Waals surface area contributed by atoms with E-state index in [9.17, 15) is 5.11 Å². The molecule has 20 heavy (non-hydrogen) atoms. The van der Waals surface area contributed by atoms with E-state index in [-0.39, 0.29) is 5.75 Å². The highest BCUT2D eigenvalue weighted by molar-refractivity contribution is 5.42. The van der Waals surface area contributed by atoms with Crippen molar-refractivity contribution in [2.45, 2.75) is 26.3 Å². The lowest BCUT2D eigenvalue weighted by Gasteiger charge is -2.40. The summed E-state index contributed by atoms with van der Waals surface area (Å²) in [6.45, 7) is 7.39. The summed E-state index contributed by atoms with van der Waals surface area (Å²) in [4.78, 5) is 2.48. The molecule has 3 N–H and O–H groups in total.